The second-order valence-corrected chi connectivity index (χ2v) is 11.5. The van der Waals surface area contributed by atoms with Crippen LogP contribution in [0.1, 0.15) is 61.4 Å². The van der Waals surface area contributed by atoms with Gasteiger partial charge in [0.15, 0.2) is 0 Å². The molecule has 2 aliphatic rings. The Morgan fingerprint density at radius 1 is 0.718 bits per heavy atom. The summed E-state index contributed by atoms with van der Waals surface area (Å²) in [6.45, 7) is 2.29. The molecular weight excluding hydrogens is 472 g/mol. The summed E-state index contributed by atoms with van der Waals surface area (Å²) in [6, 6.07) is 32.2. The molecule has 39 heavy (non-hydrogen) atoms. The summed E-state index contributed by atoms with van der Waals surface area (Å²) in [5.41, 5.74) is 12.3. The van der Waals surface area contributed by atoms with Crippen molar-refractivity contribution in [2.24, 2.45) is 0 Å². The van der Waals surface area contributed by atoms with E-state index in [1.54, 1.807) is 5.69 Å². The fraction of sp³-hybridized carbons (Fsp3) is 0.243. The van der Waals surface area contributed by atoms with Crippen molar-refractivity contribution in [1.29, 1.82) is 0 Å². The minimum absolute atomic E-state index is 0.613. The summed E-state index contributed by atoms with van der Waals surface area (Å²) < 4.78 is 5.23. The molecule has 192 valence electrons. The van der Waals surface area contributed by atoms with Crippen LogP contribution in [-0.4, -0.2) is 9.13 Å². The van der Waals surface area contributed by atoms with Crippen molar-refractivity contribution in [1.82, 2.24) is 9.13 Å². The van der Waals surface area contributed by atoms with Gasteiger partial charge >= 0.3 is 0 Å². The zero-order valence-electron chi connectivity index (χ0n) is 22.7. The van der Waals surface area contributed by atoms with Crippen molar-refractivity contribution < 1.29 is 0 Å². The second-order valence-electron chi connectivity index (χ2n) is 11.5. The molecule has 1 fully saturated rings. The van der Waals surface area contributed by atoms with Crippen LogP contribution in [0.3, 0.4) is 0 Å². The Morgan fingerprint density at radius 3 is 2.38 bits per heavy atom. The molecule has 8 rings (SSSR count). The molecule has 0 amide bonds. The van der Waals surface area contributed by atoms with E-state index >= 15 is 0 Å². The number of allylic oxidation sites excluding steroid dienone is 1. The van der Waals surface area contributed by atoms with Gasteiger partial charge in [-0.3, -0.25) is 0 Å². The van der Waals surface area contributed by atoms with Gasteiger partial charge in [0.25, 0.3) is 0 Å². The SMILES string of the molecule is Cc1cc(-c2cccc3c4c(n(C5CCCCC5)c23)CCC=C4)cc2c3ccccc3n(-c3ccccc3)c12. The lowest BCUT2D eigenvalue weighted by molar-refractivity contribution is 0.354. The van der Waals surface area contributed by atoms with Gasteiger partial charge in [0, 0.05) is 44.7 Å². The normalized spacial score (nSPS) is 15.9. The maximum absolute atomic E-state index is 2.79. The molecule has 0 atom stereocenters. The Balaban J connectivity index is 1.43. The number of rotatable bonds is 3. The third kappa shape index (κ3) is 3.47. The van der Waals surface area contributed by atoms with Gasteiger partial charge in [-0.25, -0.2) is 0 Å². The highest BCUT2D eigenvalue weighted by Gasteiger charge is 2.26. The first-order valence-corrected chi connectivity index (χ1v) is 14.7. The largest absolute Gasteiger partial charge is 0.340 e. The minimum Gasteiger partial charge on any atom is -0.340 e. The number of hydrogen-bond acceptors (Lipinski definition) is 0. The summed E-state index contributed by atoms with van der Waals surface area (Å²) in [5.74, 6) is 0. The van der Waals surface area contributed by atoms with Gasteiger partial charge in [-0.15, -0.1) is 0 Å². The third-order valence-corrected chi connectivity index (χ3v) is 9.23. The van der Waals surface area contributed by atoms with E-state index in [-0.39, 0.29) is 0 Å². The molecule has 6 aromatic rings. The van der Waals surface area contributed by atoms with Crippen molar-refractivity contribution in [3.8, 4) is 16.8 Å². The smallest absolute Gasteiger partial charge is 0.0571 e. The first-order valence-electron chi connectivity index (χ1n) is 14.7. The third-order valence-electron chi connectivity index (χ3n) is 9.23. The molecule has 2 heterocycles. The van der Waals surface area contributed by atoms with Gasteiger partial charge in [-0.1, -0.05) is 86.0 Å². The summed E-state index contributed by atoms with van der Waals surface area (Å²) >= 11 is 0. The van der Waals surface area contributed by atoms with Crippen LogP contribution in [0.2, 0.25) is 0 Å². The quantitative estimate of drug-likeness (QED) is 0.226. The molecule has 2 heteroatoms. The molecule has 0 spiro atoms. The Labute approximate surface area is 230 Å². The number of benzene rings is 4. The van der Waals surface area contributed by atoms with E-state index < -0.39 is 0 Å². The molecule has 2 aliphatic carbocycles. The van der Waals surface area contributed by atoms with Gasteiger partial charge in [0.05, 0.1) is 16.6 Å². The molecule has 0 bridgehead atoms. The Morgan fingerprint density at radius 2 is 1.51 bits per heavy atom. The molecule has 1 saturated carbocycles. The average molecular weight is 507 g/mol. The summed E-state index contributed by atoms with van der Waals surface area (Å²) in [4.78, 5) is 0. The highest BCUT2D eigenvalue weighted by Crippen LogP contribution is 2.44. The highest BCUT2D eigenvalue weighted by molar-refractivity contribution is 6.12. The van der Waals surface area contributed by atoms with Crippen LogP contribution in [0.4, 0.5) is 0 Å². The lowest BCUT2D eigenvalue weighted by atomic mass is 9.94. The fourth-order valence-corrected chi connectivity index (χ4v) is 7.58. The summed E-state index contributed by atoms with van der Waals surface area (Å²) in [5, 5.41) is 4.08. The van der Waals surface area contributed by atoms with Crippen LogP contribution in [-0.2, 0) is 6.42 Å². The predicted molar refractivity (Wildman–Crippen MR) is 166 cm³/mol. The molecule has 4 aromatic carbocycles. The van der Waals surface area contributed by atoms with Gasteiger partial charge < -0.3 is 9.13 Å². The first kappa shape index (κ1) is 22.9. The number of nitrogens with zero attached hydrogens (tertiary/aromatic N) is 2. The maximum atomic E-state index is 2.79. The van der Waals surface area contributed by atoms with Crippen LogP contribution in [0.5, 0.6) is 0 Å². The molecule has 0 unspecified atom stereocenters. The van der Waals surface area contributed by atoms with E-state index in [0.29, 0.717) is 6.04 Å². The van der Waals surface area contributed by atoms with E-state index in [4.69, 9.17) is 0 Å². The van der Waals surface area contributed by atoms with Gasteiger partial charge in [-0.2, -0.15) is 0 Å². The van der Waals surface area contributed by atoms with E-state index in [2.05, 4.69) is 113 Å². The Bertz CT molecular complexity index is 1890. The fourth-order valence-electron chi connectivity index (χ4n) is 7.58. The molecule has 2 nitrogen and oxygen atoms in total. The minimum atomic E-state index is 0.613. The second kappa shape index (κ2) is 9.02. The molecular formula is C37H34N2. The average Bonchev–Trinajstić information content (AvgIpc) is 3.52. The van der Waals surface area contributed by atoms with Gasteiger partial charge in [0.2, 0.25) is 0 Å². The molecule has 0 aliphatic heterocycles. The van der Waals surface area contributed by atoms with Crippen LogP contribution < -0.4 is 0 Å². The highest BCUT2D eigenvalue weighted by atomic mass is 15.0. The monoisotopic (exact) mass is 506 g/mol. The Hall–Kier alpha value is -4.04. The zero-order chi connectivity index (χ0) is 25.9. The number of aryl methyl sites for hydroxylation is 1. The predicted octanol–water partition coefficient (Wildman–Crippen LogP) is 10.2. The van der Waals surface area contributed by atoms with Crippen molar-refractivity contribution in [3.05, 3.63) is 108 Å². The maximum Gasteiger partial charge on any atom is 0.0571 e. The molecule has 0 radical (unpaired) electrons. The van der Waals surface area contributed by atoms with Gasteiger partial charge in [-0.05, 0) is 74.1 Å². The first-order chi connectivity index (χ1) is 19.3. The van der Waals surface area contributed by atoms with Gasteiger partial charge in [0.1, 0.15) is 0 Å². The lowest BCUT2D eigenvalue weighted by Crippen LogP contribution is -2.16. The van der Waals surface area contributed by atoms with E-state index in [9.17, 15) is 0 Å². The number of para-hydroxylation sites is 3. The van der Waals surface area contributed by atoms with Crippen LogP contribution in [0.25, 0.3) is 55.6 Å². The lowest BCUT2D eigenvalue weighted by Gasteiger charge is -2.28. The Kier molecular flexibility index (Phi) is 5.30. The molecule has 2 aromatic heterocycles. The topological polar surface area (TPSA) is 9.86 Å². The zero-order valence-corrected chi connectivity index (χ0v) is 22.7. The van der Waals surface area contributed by atoms with Crippen molar-refractivity contribution >= 4 is 38.8 Å². The van der Waals surface area contributed by atoms with Crippen LogP contribution in [0, 0.1) is 6.92 Å². The summed E-state index contributed by atoms with van der Waals surface area (Å²) in [7, 11) is 0. The van der Waals surface area contributed by atoms with Crippen LogP contribution in [0.15, 0.2) is 91.0 Å². The van der Waals surface area contributed by atoms with Crippen LogP contribution >= 0.6 is 0 Å². The van der Waals surface area contributed by atoms with Crippen molar-refractivity contribution in [3.63, 3.8) is 0 Å². The van der Waals surface area contributed by atoms with Crippen molar-refractivity contribution in [2.45, 2.75) is 57.9 Å². The number of aromatic nitrogens is 2. The standard InChI is InChI=1S/C37H34N2/c1-25-23-26(24-33-31-18-9-11-22-35(31)38(36(25)33)27-13-4-2-5-14-27)29-19-12-20-32-30-17-8-10-21-34(30)39(37(29)32)28-15-6-3-7-16-28/h2,4-5,8-9,11-14,17-20,22-24,28H,3,6-7,10,15-16,21H2,1H3. The summed E-state index contributed by atoms with van der Waals surface area (Å²) in [6.07, 6.45) is 13.7. The van der Waals surface area contributed by atoms with E-state index in [1.165, 1.54) is 92.8 Å². The van der Waals surface area contributed by atoms with E-state index in [0.717, 1.165) is 12.8 Å². The van der Waals surface area contributed by atoms with E-state index in [1.807, 2.05) is 0 Å². The molecule has 0 N–H and O–H groups in total. The molecule has 0 saturated heterocycles. The number of fused-ring (bicyclic) bond motifs is 6. The van der Waals surface area contributed by atoms with Crippen molar-refractivity contribution in [2.75, 3.05) is 0 Å². The number of hydrogen-bond donors (Lipinski definition) is 0.